The molecule has 1 aromatic rings. The molecule has 2 N–H and O–H groups in total. The van der Waals surface area contributed by atoms with Crippen molar-refractivity contribution in [2.75, 3.05) is 13.2 Å². The van der Waals surface area contributed by atoms with E-state index in [2.05, 4.69) is 0 Å². The molecule has 1 aliphatic heterocycles. The Morgan fingerprint density at radius 1 is 1.30 bits per heavy atom. The molecular weight excluding hydrogens is 298 g/mol. The average molecular weight is 321 g/mol. The molecule has 6 nitrogen and oxygen atoms in total. The van der Waals surface area contributed by atoms with Crippen LogP contribution in [0.4, 0.5) is 0 Å². The number of benzene rings is 1. The Kier molecular flexibility index (Phi) is 5.60. The highest BCUT2D eigenvalue weighted by Crippen LogP contribution is 2.22. The van der Waals surface area contributed by atoms with Crippen LogP contribution in [0.3, 0.4) is 0 Å². The molecule has 0 spiro atoms. The van der Waals surface area contributed by atoms with E-state index < -0.39 is 12.1 Å². The summed E-state index contributed by atoms with van der Waals surface area (Å²) in [6.45, 7) is 4.60. The van der Waals surface area contributed by atoms with Crippen molar-refractivity contribution in [2.45, 2.75) is 38.8 Å². The molecule has 1 aromatic carbocycles. The van der Waals surface area contributed by atoms with Gasteiger partial charge in [0.1, 0.15) is 12.4 Å². The first-order valence-corrected chi connectivity index (χ1v) is 7.80. The van der Waals surface area contributed by atoms with Crippen LogP contribution in [-0.4, -0.2) is 52.3 Å². The standard InChI is InChI=1S/C17H23NO5/c1-11(2)7-16(20)18-9-14(19)8-13(18)10-23-15-5-3-12(4-6-15)17(21)22/h3-6,11,13-14,19H,7-10H2,1-2H3,(H,21,22). The molecule has 0 radical (unpaired) electrons. The van der Waals surface area contributed by atoms with Crippen LogP contribution in [-0.2, 0) is 4.79 Å². The van der Waals surface area contributed by atoms with Crippen LogP contribution in [0.2, 0.25) is 0 Å². The van der Waals surface area contributed by atoms with Gasteiger partial charge in [0.15, 0.2) is 0 Å². The third kappa shape index (κ3) is 4.69. The smallest absolute Gasteiger partial charge is 0.335 e. The van der Waals surface area contributed by atoms with Gasteiger partial charge >= 0.3 is 5.97 Å². The van der Waals surface area contributed by atoms with Gasteiger partial charge in [0.05, 0.1) is 17.7 Å². The lowest BCUT2D eigenvalue weighted by molar-refractivity contribution is -0.133. The molecule has 6 heteroatoms. The van der Waals surface area contributed by atoms with Crippen molar-refractivity contribution < 1.29 is 24.5 Å². The maximum atomic E-state index is 12.2. The number of aromatic carboxylic acids is 1. The summed E-state index contributed by atoms with van der Waals surface area (Å²) in [5, 5.41) is 18.7. The average Bonchev–Trinajstić information content (AvgIpc) is 2.86. The van der Waals surface area contributed by atoms with Gasteiger partial charge in [0.2, 0.25) is 5.91 Å². The Balaban J connectivity index is 1.94. The van der Waals surface area contributed by atoms with Crippen LogP contribution in [0.1, 0.15) is 37.0 Å². The number of rotatable bonds is 6. The maximum absolute atomic E-state index is 12.2. The summed E-state index contributed by atoms with van der Waals surface area (Å²) >= 11 is 0. The number of carbonyl (C=O) groups is 2. The fraction of sp³-hybridized carbons (Fsp3) is 0.529. The number of hydrogen-bond donors (Lipinski definition) is 2. The van der Waals surface area contributed by atoms with Crippen LogP contribution in [0.25, 0.3) is 0 Å². The number of nitrogens with zero attached hydrogens (tertiary/aromatic N) is 1. The van der Waals surface area contributed by atoms with Crippen LogP contribution < -0.4 is 4.74 Å². The molecule has 2 atom stereocenters. The van der Waals surface area contributed by atoms with Crippen LogP contribution in [0.5, 0.6) is 5.75 Å². The first kappa shape index (κ1) is 17.3. The molecule has 23 heavy (non-hydrogen) atoms. The van der Waals surface area contributed by atoms with Gasteiger partial charge in [-0.1, -0.05) is 13.8 Å². The maximum Gasteiger partial charge on any atom is 0.335 e. The highest BCUT2D eigenvalue weighted by atomic mass is 16.5. The Morgan fingerprint density at radius 3 is 2.52 bits per heavy atom. The normalized spacial score (nSPS) is 20.8. The van der Waals surface area contributed by atoms with Gasteiger partial charge in [-0.05, 0) is 36.6 Å². The van der Waals surface area contributed by atoms with Gasteiger partial charge in [0, 0.05) is 13.0 Å². The second kappa shape index (κ2) is 7.46. The topological polar surface area (TPSA) is 87.1 Å². The van der Waals surface area contributed by atoms with E-state index in [4.69, 9.17) is 9.84 Å². The lowest BCUT2D eigenvalue weighted by atomic mass is 10.1. The van der Waals surface area contributed by atoms with Crippen molar-refractivity contribution in [1.82, 2.24) is 4.90 Å². The van der Waals surface area contributed by atoms with Crippen molar-refractivity contribution in [2.24, 2.45) is 5.92 Å². The van der Waals surface area contributed by atoms with Crippen LogP contribution in [0.15, 0.2) is 24.3 Å². The van der Waals surface area contributed by atoms with E-state index in [9.17, 15) is 14.7 Å². The summed E-state index contributed by atoms with van der Waals surface area (Å²) in [5.41, 5.74) is 0.197. The highest BCUT2D eigenvalue weighted by Gasteiger charge is 2.34. The third-order valence-corrected chi connectivity index (χ3v) is 3.84. The van der Waals surface area contributed by atoms with Gasteiger partial charge < -0.3 is 19.8 Å². The largest absolute Gasteiger partial charge is 0.491 e. The molecule has 2 rings (SSSR count). The Labute approximate surface area is 135 Å². The molecule has 1 saturated heterocycles. The molecule has 0 aromatic heterocycles. The molecule has 126 valence electrons. The summed E-state index contributed by atoms with van der Waals surface area (Å²) in [6.07, 6.45) is 0.433. The van der Waals surface area contributed by atoms with Crippen molar-refractivity contribution in [3.8, 4) is 5.75 Å². The molecule has 0 bridgehead atoms. The summed E-state index contributed by atoms with van der Waals surface area (Å²) in [6, 6.07) is 5.98. The third-order valence-electron chi connectivity index (χ3n) is 3.84. The van der Waals surface area contributed by atoms with Crippen molar-refractivity contribution in [3.63, 3.8) is 0 Å². The Hall–Kier alpha value is -2.08. The molecule has 1 amide bonds. The number of amides is 1. The second-order valence-corrected chi connectivity index (χ2v) is 6.33. The summed E-state index contributed by atoms with van der Waals surface area (Å²) in [5.74, 6) is -0.134. The minimum atomic E-state index is -0.985. The first-order chi connectivity index (χ1) is 10.9. The minimum absolute atomic E-state index is 0.0337. The summed E-state index contributed by atoms with van der Waals surface area (Å²) < 4.78 is 5.66. The van der Waals surface area contributed by atoms with Crippen LogP contribution in [0, 0.1) is 5.92 Å². The van der Waals surface area contributed by atoms with Crippen LogP contribution >= 0.6 is 0 Å². The second-order valence-electron chi connectivity index (χ2n) is 6.33. The minimum Gasteiger partial charge on any atom is -0.491 e. The van der Waals surface area contributed by atoms with Crippen molar-refractivity contribution >= 4 is 11.9 Å². The monoisotopic (exact) mass is 321 g/mol. The number of β-amino-alcohol motifs (C(OH)–C–C–N with tert-alkyl or cyclic N) is 1. The van der Waals surface area contributed by atoms with E-state index in [0.29, 0.717) is 25.1 Å². The van der Waals surface area contributed by atoms with Crippen molar-refractivity contribution in [3.05, 3.63) is 29.8 Å². The fourth-order valence-electron chi connectivity index (χ4n) is 2.71. The molecule has 1 aliphatic rings. The van der Waals surface area contributed by atoms with Gasteiger partial charge in [-0.15, -0.1) is 0 Å². The van der Waals surface area contributed by atoms with Gasteiger partial charge in [0.25, 0.3) is 0 Å². The number of aliphatic hydroxyl groups is 1. The fourth-order valence-corrected chi connectivity index (χ4v) is 2.71. The molecule has 1 fully saturated rings. The molecule has 2 unspecified atom stereocenters. The number of carbonyl (C=O) groups excluding carboxylic acids is 1. The number of aliphatic hydroxyl groups excluding tert-OH is 1. The predicted molar refractivity (Wildman–Crippen MR) is 84.5 cm³/mol. The van der Waals surface area contributed by atoms with Gasteiger partial charge in [-0.25, -0.2) is 4.79 Å². The number of hydrogen-bond acceptors (Lipinski definition) is 4. The predicted octanol–water partition coefficient (Wildman–Crippen LogP) is 1.77. The highest BCUT2D eigenvalue weighted by molar-refractivity contribution is 5.87. The number of carboxylic acids is 1. The lowest BCUT2D eigenvalue weighted by Gasteiger charge is -2.25. The Bertz CT molecular complexity index is 555. The molecule has 0 aliphatic carbocycles. The zero-order chi connectivity index (χ0) is 17.0. The summed E-state index contributed by atoms with van der Waals surface area (Å²) in [4.78, 5) is 24.7. The van der Waals surface area contributed by atoms with E-state index >= 15 is 0 Å². The molecule has 0 saturated carbocycles. The molecular formula is C17H23NO5. The lowest BCUT2D eigenvalue weighted by Crippen LogP contribution is -2.39. The van der Waals surface area contributed by atoms with E-state index in [1.54, 1.807) is 17.0 Å². The van der Waals surface area contributed by atoms with E-state index in [0.717, 1.165) is 0 Å². The number of carboxylic acid groups (broad SMARTS) is 1. The zero-order valence-electron chi connectivity index (χ0n) is 13.4. The summed E-state index contributed by atoms with van der Waals surface area (Å²) in [7, 11) is 0. The molecule has 1 heterocycles. The quantitative estimate of drug-likeness (QED) is 0.834. The van der Waals surface area contributed by atoms with Crippen molar-refractivity contribution in [1.29, 1.82) is 0 Å². The van der Waals surface area contributed by atoms with E-state index in [1.807, 2.05) is 13.8 Å². The van der Waals surface area contributed by atoms with E-state index in [-0.39, 0.29) is 30.0 Å². The van der Waals surface area contributed by atoms with Gasteiger partial charge in [-0.2, -0.15) is 0 Å². The number of likely N-dealkylation sites (tertiary alicyclic amines) is 1. The Morgan fingerprint density at radius 2 is 1.96 bits per heavy atom. The number of ether oxygens (including phenoxy) is 1. The van der Waals surface area contributed by atoms with Gasteiger partial charge in [-0.3, -0.25) is 4.79 Å². The zero-order valence-corrected chi connectivity index (χ0v) is 13.4. The first-order valence-electron chi connectivity index (χ1n) is 7.80. The SMILES string of the molecule is CC(C)CC(=O)N1CC(O)CC1COc1ccc(C(=O)O)cc1. The van der Waals surface area contributed by atoms with E-state index in [1.165, 1.54) is 12.1 Å².